The van der Waals surface area contributed by atoms with E-state index < -0.39 is 0 Å². The molecule has 2 fully saturated rings. The van der Waals surface area contributed by atoms with Crippen molar-refractivity contribution in [2.24, 2.45) is 0 Å². The van der Waals surface area contributed by atoms with Crippen molar-refractivity contribution >= 4 is 35.1 Å². The standard InChI is InChI=1S/C21H23NO2S2/c23-20(15-5-7-16(8-6-15)21-25-13-14-26-21)22-17-9-11-19(12-10-17)24-18-3-1-2-4-18/h5-12,18,21H,1-4,13-14H2,(H,22,23). The Bertz CT molecular complexity index is 734. The number of hydrogen-bond donors (Lipinski definition) is 1. The molecule has 1 saturated carbocycles. The Hall–Kier alpha value is -1.59. The average Bonchev–Trinajstić information content (AvgIpc) is 3.37. The zero-order chi connectivity index (χ0) is 17.8. The van der Waals surface area contributed by atoms with Gasteiger partial charge in [0, 0.05) is 22.8 Å². The van der Waals surface area contributed by atoms with Crippen LogP contribution in [0.5, 0.6) is 5.75 Å². The first-order valence-electron chi connectivity index (χ1n) is 9.19. The van der Waals surface area contributed by atoms with Crippen molar-refractivity contribution in [2.75, 3.05) is 16.8 Å². The van der Waals surface area contributed by atoms with Crippen molar-refractivity contribution in [3.8, 4) is 5.75 Å². The summed E-state index contributed by atoms with van der Waals surface area (Å²) >= 11 is 3.95. The molecule has 136 valence electrons. The van der Waals surface area contributed by atoms with Gasteiger partial charge >= 0.3 is 0 Å². The van der Waals surface area contributed by atoms with Crippen LogP contribution >= 0.6 is 23.5 Å². The first-order valence-corrected chi connectivity index (χ1v) is 11.3. The zero-order valence-corrected chi connectivity index (χ0v) is 16.3. The van der Waals surface area contributed by atoms with Gasteiger partial charge in [-0.2, -0.15) is 0 Å². The lowest BCUT2D eigenvalue weighted by molar-refractivity contribution is 0.102. The summed E-state index contributed by atoms with van der Waals surface area (Å²) in [6, 6.07) is 15.7. The highest BCUT2D eigenvalue weighted by Gasteiger charge is 2.19. The molecule has 26 heavy (non-hydrogen) atoms. The van der Waals surface area contributed by atoms with E-state index in [1.165, 1.54) is 29.9 Å². The van der Waals surface area contributed by atoms with Crippen LogP contribution in [0.15, 0.2) is 48.5 Å². The Morgan fingerprint density at radius 2 is 1.58 bits per heavy atom. The highest BCUT2D eigenvalue weighted by atomic mass is 32.2. The van der Waals surface area contributed by atoms with Crippen LogP contribution in [0.2, 0.25) is 0 Å². The van der Waals surface area contributed by atoms with E-state index >= 15 is 0 Å². The molecule has 0 radical (unpaired) electrons. The molecule has 0 bridgehead atoms. The van der Waals surface area contributed by atoms with Crippen molar-refractivity contribution in [1.29, 1.82) is 0 Å². The highest BCUT2D eigenvalue weighted by Crippen LogP contribution is 2.45. The second kappa shape index (κ2) is 8.40. The van der Waals surface area contributed by atoms with Crippen LogP contribution < -0.4 is 10.1 Å². The van der Waals surface area contributed by atoms with Crippen LogP contribution in [-0.2, 0) is 0 Å². The molecular formula is C21H23NO2S2. The van der Waals surface area contributed by atoms with Gasteiger partial charge in [-0.3, -0.25) is 4.79 Å². The summed E-state index contributed by atoms with van der Waals surface area (Å²) in [6.45, 7) is 0. The van der Waals surface area contributed by atoms with Crippen molar-refractivity contribution in [3.05, 3.63) is 59.7 Å². The molecule has 0 atom stereocenters. The first kappa shape index (κ1) is 17.8. The van der Waals surface area contributed by atoms with Crippen LogP contribution in [0.4, 0.5) is 5.69 Å². The predicted molar refractivity (Wildman–Crippen MR) is 111 cm³/mol. The molecular weight excluding hydrogens is 362 g/mol. The molecule has 1 heterocycles. The normalized spacial score (nSPS) is 18.2. The number of carbonyl (C=O) groups excluding carboxylic acids is 1. The van der Waals surface area contributed by atoms with Gasteiger partial charge in [0.25, 0.3) is 5.91 Å². The van der Waals surface area contributed by atoms with Gasteiger partial charge in [-0.15, -0.1) is 23.5 Å². The summed E-state index contributed by atoms with van der Waals surface area (Å²) in [5, 5.41) is 2.96. The second-order valence-electron chi connectivity index (χ2n) is 6.70. The Morgan fingerprint density at radius 1 is 0.923 bits per heavy atom. The molecule has 0 aromatic heterocycles. The molecule has 1 amide bonds. The van der Waals surface area contributed by atoms with Crippen LogP contribution in [0, 0.1) is 0 Å². The quantitative estimate of drug-likeness (QED) is 0.712. The van der Waals surface area contributed by atoms with E-state index in [9.17, 15) is 4.79 Å². The maximum Gasteiger partial charge on any atom is 0.255 e. The number of amides is 1. The minimum atomic E-state index is -0.0762. The lowest BCUT2D eigenvalue weighted by Crippen LogP contribution is -2.12. The summed E-state index contributed by atoms with van der Waals surface area (Å²) < 4.78 is 6.48. The topological polar surface area (TPSA) is 38.3 Å². The van der Waals surface area contributed by atoms with Gasteiger partial charge in [0.05, 0.1) is 10.7 Å². The predicted octanol–water partition coefficient (Wildman–Crippen LogP) is 5.74. The smallest absolute Gasteiger partial charge is 0.255 e. The Kier molecular flexibility index (Phi) is 5.75. The average molecular weight is 386 g/mol. The maximum atomic E-state index is 12.5. The first-order chi connectivity index (χ1) is 12.8. The Morgan fingerprint density at radius 3 is 2.23 bits per heavy atom. The second-order valence-corrected chi connectivity index (χ2v) is 9.42. The Balaban J connectivity index is 1.34. The molecule has 1 N–H and O–H groups in total. The van der Waals surface area contributed by atoms with Gasteiger partial charge in [-0.05, 0) is 67.6 Å². The maximum absolute atomic E-state index is 12.5. The summed E-state index contributed by atoms with van der Waals surface area (Å²) in [6.07, 6.45) is 5.16. The molecule has 2 aromatic rings. The van der Waals surface area contributed by atoms with E-state index in [-0.39, 0.29) is 5.91 Å². The van der Waals surface area contributed by atoms with Crippen LogP contribution in [-0.4, -0.2) is 23.5 Å². The summed E-state index contributed by atoms with van der Waals surface area (Å²) in [4.78, 5) is 12.5. The van der Waals surface area contributed by atoms with E-state index in [2.05, 4.69) is 17.4 Å². The number of hydrogen-bond acceptors (Lipinski definition) is 4. The molecule has 2 aromatic carbocycles. The SMILES string of the molecule is O=C(Nc1ccc(OC2CCCC2)cc1)c1ccc(C2SCCS2)cc1. The van der Waals surface area contributed by atoms with E-state index in [0.29, 0.717) is 16.2 Å². The van der Waals surface area contributed by atoms with E-state index in [1.54, 1.807) is 0 Å². The molecule has 1 aliphatic heterocycles. The molecule has 5 heteroatoms. The van der Waals surface area contributed by atoms with E-state index in [4.69, 9.17) is 4.74 Å². The zero-order valence-electron chi connectivity index (χ0n) is 14.6. The third-order valence-corrected chi connectivity index (χ3v) is 7.89. The molecule has 1 saturated heterocycles. The van der Waals surface area contributed by atoms with Gasteiger partial charge in [0.15, 0.2) is 0 Å². The number of anilines is 1. The van der Waals surface area contributed by atoms with Gasteiger partial charge in [0.2, 0.25) is 0 Å². The summed E-state index contributed by atoms with van der Waals surface area (Å²) in [5.41, 5.74) is 2.77. The van der Waals surface area contributed by atoms with Crippen molar-refractivity contribution in [1.82, 2.24) is 0 Å². The van der Waals surface area contributed by atoms with Crippen LogP contribution in [0.1, 0.15) is 46.2 Å². The number of thioether (sulfide) groups is 2. The molecule has 0 spiro atoms. The van der Waals surface area contributed by atoms with Crippen LogP contribution in [0.3, 0.4) is 0 Å². The Labute approximate surface area is 163 Å². The number of benzene rings is 2. The van der Waals surface area contributed by atoms with Gasteiger partial charge in [-0.1, -0.05) is 12.1 Å². The van der Waals surface area contributed by atoms with Crippen molar-refractivity contribution in [3.63, 3.8) is 0 Å². The molecule has 1 aliphatic carbocycles. The number of nitrogens with one attached hydrogen (secondary N) is 1. The molecule has 2 aliphatic rings. The fourth-order valence-corrected chi connectivity index (χ4v) is 6.22. The minimum Gasteiger partial charge on any atom is -0.490 e. The highest BCUT2D eigenvalue weighted by molar-refractivity contribution is 8.19. The van der Waals surface area contributed by atoms with Gasteiger partial charge in [-0.25, -0.2) is 0 Å². The number of carbonyl (C=O) groups is 1. The summed E-state index contributed by atoms with van der Waals surface area (Å²) in [7, 11) is 0. The third kappa shape index (κ3) is 4.38. The fraction of sp³-hybridized carbons (Fsp3) is 0.381. The summed E-state index contributed by atoms with van der Waals surface area (Å²) in [5.74, 6) is 3.22. The largest absolute Gasteiger partial charge is 0.490 e. The molecule has 3 nitrogen and oxygen atoms in total. The van der Waals surface area contributed by atoms with Crippen molar-refractivity contribution in [2.45, 2.75) is 36.4 Å². The van der Waals surface area contributed by atoms with Crippen molar-refractivity contribution < 1.29 is 9.53 Å². The third-order valence-electron chi connectivity index (χ3n) is 4.78. The lowest BCUT2D eigenvalue weighted by Gasteiger charge is -2.13. The minimum absolute atomic E-state index is 0.0762. The monoisotopic (exact) mass is 385 g/mol. The van der Waals surface area contributed by atoms with Gasteiger partial charge < -0.3 is 10.1 Å². The number of ether oxygens (including phenoxy) is 1. The molecule has 4 rings (SSSR count). The number of rotatable bonds is 5. The van der Waals surface area contributed by atoms with Gasteiger partial charge in [0.1, 0.15) is 5.75 Å². The molecule has 0 unspecified atom stereocenters. The van der Waals surface area contributed by atoms with Crippen LogP contribution in [0.25, 0.3) is 0 Å². The van der Waals surface area contributed by atoms with E-state index in [0.717, 1.165) is 24.3 Å². The fourth-order valence-electron chi connectivity index (χ4n) is 3.36. The van der Waals surface area contributed by atoms with E-state index in [1.807, 2.05) is 59.9 Å². The lowest BCUT2D eigenvalue weighted by atomic mass is 10.1.